The van der Waals surface area contributed by atoms with Gasteiger partial charge < -0.3 is 10.6 Å². The summed E-state index contributed by atoms with van der Waals surface area (Å²) in [5.74, 6) is -0.0744. The van der Waals surface area contributed by atoms with Crippen molar-refractivity contribution in [3.63, 3.8) is 0 Å². The second kappa shape index (κ2) is 5.66. The van der Waals surface area contributed by atoms with Gasteiger partial charge in [-0.15, -0.1) is 0 Å². The van der Waals surface area contributed by atoms with E-state index in [1.165, 1.54) is 12.1 Å². The normalized spacial score (nSPS) is 14.5. The number of hydrogen-bond donors (Lipinski definition) is 3. The molecule has 0 saturated heterocycles. The Bertz CT molecular complexity index is 947. The number of halogens is 1. The Kier molecular flexibility index (Phi) is 3.35. The monoisotopic (exact) mass is 320 g/mol. The number of anilines is 2. The van der Waals surface area contributed by atoms with Gasteiger partial charge in [0.1, 0.15) is 5.82 Å². The lowest BCUT2D eigenvalue weighted by atomic mass is 10.1. The molecule has 0 bridgehead atoms. The summed E-state index contributed by atoms with van der Waals surface area (Å²) in [5.41, 5.74) is 3.46. The van der Waals surface area contributed by atoms with E-state index >= 15 is 0 Å². The van der Waals surface area contributed by atoms with Crippen molar-refractivity contribution in [2.45, 2.75) is 0 Å². The van der Waals surface area contributed by atoms with Gasteiger partial charge in [0, 0.05) is 17.8 Å². The van der Waals surface area contributed by atoms with Crippen LogP contribution in [0.1, 0.15) is 5.56 Å². The molecular formula is C18H13FN4O. The first-order chi connectivity index (χ1) is 11.7. The van der Waals surface area contributed by atoms with Crippen LogP contribution in [0.3, 0.4) is 0 Å². The molecule has 24 heavy (non-hydrogen) atoms. The van der Waals surface area contributed by atoms with E-state index in [0.717, 1.165) is 11.3 Å². The summed E-state index contributed by atoms with van der Waals surface area (Å²) in [6.07, 6.45) is 1.57. The van der Waals surface area contributed by atoms with Gasteiger partial charge in [0.05, 0.1) is 17.0 Å². The predicted octanol–water partition coefficient (Wildman–Crippen LogP) is 3.62. The minimum atomic E-state index is -0.386. The first kappa shape index (κ1) is 14.2. The van der Waals surface area contributed by atoms with Gasteiger partial charge in [-0.05, 0) is 23.8 Å². The fourth-order valence-corrected chi connectivity index (χ4v) is 2.62. The fourth-order valence-electron chi connectivity index (χ4n) is 2.62. The zero-order chi connectivity index (χ0) is 16.5. The van der Waals surface area contributed by atoms with Crippen LogP contribution < -0.4 is 10.6 Å². The van der Waals surface area contributed by atoms with Crippen molar-refractivity contribution in [2.75, 3.05) is 10.6 Å². The molecule has 0 fully saturated rings. The van der Waals surface area contributed by atoms with Crippen molar-refractivity contribution in [3.8, 4) is 11.3 Å². The van der Waals surface area contributed by atoms with Crippen molar-refractivity contribution >= 4 is 23.0 Å². The van der Waals surface area contributed by atoms with Crippen LogP contribution in [0, 0.1) is 5.82 Å². The highest BCUT2D eigenvalue weighted by atomic mass is 19.1. The topological polar surface area (TPSA) is 69.8 Å². The smallest absolute Gasteiger partial charge is 0.257 e. The number of nitrogens with zero attached hydrogens (tertiary/aromatic N) is 1. The van der Waals surface area contributed by atoms with Gasteiger partial charge in [-0.1, -0.05) is 30.3 Å². The maximum absolute atomic E-state index is 13.2. The standard InChI is InChI=1S/C18H13FN4O/c19-12-6-7-13-14(18(24)21-16(13)8-12)10-20-17-9-15(22-23-17)11-4-2-1-3-5-11/h1-10H,(H,21,24)(H2,20,22,23)/b14-10+. The quantitative estimate of drug-likeness (QED) is 0.646. The number of nitrogens with one attached hydrogen (secondary N) is 3. The van der Waals surface area contributed by atoms with Crippen LogP contribution in [-0.4, -0.2) is 16.1 Å². The van der Waals surface area contributed by atoms with Gasteiger partial charge in [-0.25, -0.2) is 4.39 Å². The minimum Gasteiger partial charge on any atom is -0.344 e. The molecule has 0 spiro atoms. The number of aromatic amines is 1. The molecule has 0 radical (unpaired) electrons. The summed E-state index contributed by atoms with van der Waals surface area (Å²) in [6, 6.07) is 15.9. The Morgan fingerprint density at radius 3 is 2.75 bits per heavy atom. The van der Waals surface area contributed by atoms with Crippen LogP contribution in [0.5, 0.6) is 0 Å². The van der Waals surface area contributed by atoms with Crippen LogP contribution in [-0.2, 0) is 4.79 Å². The second-order valence-electron chi connectivity index (χ2n) is 5.38. The number of hydrogen-bond acceptors (Lipinski definition) is 3. The molecule has 1 aliphatic rings. The highest BCUT2D eigenvalue weighted by Crippen LogP contribution is 2.32. The molecule has 6 heteroatoms. The van der Waals surface area contributed by atoms with E-state index in [2.05, 4.69) is 20.8 Å². The third-order valence-electron chi connectivity index (χ3n) is 3.79. The van der Waals surface area contributed by atoms with Crippen LogP contribution >= 0.6 is 0 Å². The molecule has 1 aliphatic heterocycles. The van der Waals surface area contributed by atoms with Crippen molar-refractivity contribution < 1.29 is 9.18 Å². The van der Waals surface area contributed by atoms with E-state index in [4.69, 9.17) is 0 Å². The van der Waals surface area contributed by atoms with E-state index in [1.54, 1.807) is 12.3 Å². The Morgan fingerprint density at radius 2 is 1.92 bits per heavy atom. The average Bonchev–Trinajstić information content (AvgIpc) is 3.17. The maximum atomic E-state index is 13.2. The first-order valence-corrected chi connectivity index (χ1v) is 7.39. The van der Waals surface area contributed by atoms with Crippen LogP contribution in [0.15, 0.2) is 60.8 Å². The highest BCUT2D eigenvalue weighted by molar-refractivity contribution is 6.31. The summed E-state index contributed by atoms with van der Waals surface area (Å²) in [4.78, 5) is 12.0. The lowest BCUT2D eigenvalue weighted by Crippen LogP contribution is -2.05. The number of carbonyl (C=O) groups is 1. The van der Waals surface area contributed by atoms with Gasteiger partial charge in [-0.2, -0.15) is 5.10 Å². The van der Waals surface area contributed by atoms with Crippen LogP contribution in [0.2, 0.25) is 0 Å². The van der Waals surface area contributed by atoms with E-state index in [0.29, 0.717) is 22.6 Å². The Hall–Kier alpha value is -3.41. The van der Waals surface area contributed by atoms with Crippen molar-refractivity contribution in [3.05, 3.63) is 72.2 Å². The first-order valence-electron chi connectivity index (χ1n) is 7.39. The summed E-state index contributed by atoms with van der Waals surface area (Å²) in [7, 11) is 0. The number of aromatic nitrogens is 2. The number of carbonyl (C=O) groups excluding carboxylic acids is 1. The highest BCUT2D eigenvalue weighted by Gasteiger charge is 2.24. The molecule has 0 aliphatic carbocycles. The molecule has 2 heterocycles. The molecule has 3 aromatic rings. The van der Waals surface area contributed by atoms with Gasteiger partial charge in [-0.3, -0.25) is 9.89 Å². The van der Waals surface area contributed by atoms with Crippen LogP contribution in [0.25, 0.3) is 16.8 Å². The average molecular weight is 320 g/mol. The zero-order valence-corrected chi connectivity index (χ0v) is 12.5. The van der Waals surface area contributed by atoms with E-state index < -0.39 is 0 Å². The number of rotatable bonds is 3. The number of fused-ring (bicyclic) bond motifs is 1. The lowest BCUT2D eigenvalue weighted by Gasteiger charge is -1.99. The van der Waals surface area contributed by atoms with E-state index in [1.807, 2.05) is 36.4 Å². The van der Waals surface area contributed by atoms with Crippen molar-refractivity contribution in [1.29, 1.82) is 0 Å². The molecule has 1 aromatic heterocycles. The molecular weight excluding hydrogens is 307 g/mol. The number of amides is 1. The summed E-state index contributed by atoms with van der Waals surface area (Å²) < 4.78 is 13.2. The summed E-state index contributed by atoms with van der Waals surface area (Å²) in [5, 5.41) is 12.8. The number of benzene rings is 2. The van der Waals surface area contributed by atoms with E-state index in [9.17, 15) is 9.18 Å². The largest absolute Gasteiger partial charge is 0.344 e. The van der Waals surface area contributed by atoms with Gasteiger partial charge in [0.2, 0.25) is 0 Å². The molecule has 1 amide bonds. The molecule has 2 aromatic carbocycles. The predicted molar refractivity (Wildman–Crippen MR) is 90.7 cm³/mol. The van der Waals surface area contributed by atoms with E-state index in [-0.39, 0.29) is 11.7 Å². The Morgan fingerprint density at radius 1 is 1.08 bits per heavy atom. The molecule has 5 nitrogen and oxygen atoms in total. The molecule has 0 atom stereocenters. The maximum Gasteiger partial charge on any atom is 0.257 e. The molecule has 4 rings (SSSR count). The second-order valence-corrected chi connectivity index (χ2v) is 5.38. The third-order valence-corrected chi connectivity index (χ3v) is 3.79. The fraction of sp³-hybridized carbons (Fsp3) is 0. The van der Waals surface area contributed by atoms with Gasteiger partial charge >= 0.3 is 0 Å². The number of H-pyrrole nitrogens is 1. The van der Waals surface area contributed by atoms with Crippen LogP contribution in [0.4, 0.5) is 15.9 Å². The molecule has 0 saturated carbocycles. The SMILES string of the molecule is O=C1Nc2cc(F)ccc2/C1=C\Nc1cc(-c2ccccc2)[nH]n1. The lowest BCUT2D eigenvalue weighted by molar-refractivity contribution is -0.110. The zero-order valence-electron chi connectivity index (χ0n) is 12.5. The molecule has 3 N–H and O–H groups in total. The molecule has 118 valence electrons. The van der Waals surface area contributed by atoms with Gasteiger partial charge in [0.15, 0.2) is 5.82 Å². The summed E-state index contributed by atoms with van der Waals surface area (Å²) in [6.45, 7) is 0. The third kappa shape index (κ3) is 2.54. The minimum absolute atomic E-state index is 0.276. The summed E-state index contributed by atoms with van der Waals surface area (Å²) >= 11 is 0. The molecule has 0 unspecified atom stereocenters. The van der Waals surface area contributed by atoms with Gasteiger partial charge in [0.25, 0.3) is 5.91 Å². The Balaban J connectivity index is 1.58. The van der Waals surface area contributed by atoms with Crippen molar-refractivity contribution in [2.24, 2.45) is 0 Å². The Labute approximate surface area is 137 Å². The van der Waals surface area contributed by atoms with Crippen molar-refractivity contribution in [1.82, 2.24) is 10.2 Å².